The van der Waals surface area contributed by atoms with Crippen LogP contribution in [0, 0.1) is 0 Å². The van der Waals surface area contributed by atoms with Crippen LogP contribution in [-0.2, 0) is 4.79 Å². The molecule has 0 aliphatic rings. The molecular weight excluding hydrogens is 388 g/mol. The van der Waals surface area contributed by atoms with E-state index in [1.165, 1.54) is 17.2 Å². The second-order valence-corrected chi connectivity index (χ2v) is 6.74. The van der Waals surface area contributed by atoms with Gasteiger partial charge in [-0.25, -0.2) is 0 Å². The summed E-state index contributed by atoms with van der Waals surface area (Å²) >= 11 is 5.13. The summed E-state index contributed by atoms with van der Waals surface area (Å²) in [7, 11) is 0. The van der Waals surface area contributed by atoms with Gasteiger partial charge < -0.3 is 20.0 Å². The average molecular weight is 416 g/mol. The first-order valence-corrected chi connectivity index (χ1v) is 9.98. The summed E-state index contributed by atoms with van der Waals surface area (Å²) in [4.78, 5) is 25.5. The van der Waals surface area contributed by atoms with E-state index in [1.807, 2.05) is 0 Å². The van der Waals surface area contributed by atoms with Gasteiger partial charge in [0.05, 0.1) is 32.4 Å². The van der Waals surface area contributed by atoms with E-state index in [0.29, 0.717) is 23.6 Å². The highest BCUT2D eigenvalue weighted by atomic mass is 32.1. The third-order valence-corrected chi connectivity index (χ3v) is 4.55. The van der Waals surface area contributed by atoms with Crippen LogP contribution in [0.1, 0.15) is 30.0 Å². The second kappa shape index (κ2) is 11.8. The summed E-state index contributed by atoms with van der Waals surface area (Å²) in [5.74, 6) is 0.0960. The van der Waals surface area contributed by atoms with Crippen molar-refractivity contribution >= 4 is 40.9 Å². The Bertz CT molecular complexity index is 828. The van der Waals surface area contributed by atoms with E-state index >= 15 is 0 Å². The SMILES string of the molecule is CC[NH+](CC)CCNC(=O)c1ccc(NC(=S)NC(=O)/C=C/c2ccco2)cc1. The summed E-state index contributed by atoms with van der Waals surface area (Å²) in [6.45, 7) is 7.89. The Labute approximate surface area is 176 Å². The molecular formula is C21H27N4O3S+. The number of hydrogen-bond acceptors (Lipinski definition) is 4. The normalized spacial score (nSPS) is 10.9. The van der Waals surface area contributed by atoms with Crippen molar-refractivity contribution in [3.05, 3.63) is 60.1 Å². The number of hydrogen-bond donors (Lipinski definition) is 4. The summed E-state index contributed by atoms with van der Waals surface area (Å²) in [6.07, 6.45) is 4.41. The largest absolute Gasteiger partial charge is 0.465 e. The molecule has 0 atom stereocenters. The fourth-order valence-electron chi connectivity index (χ4n) is 2.62. The van der Waals surface area contributed by atoms with E-state index in [0.717, 1.165) is 19.6 Å². The maximum absolute atomic E-state index is 12.2. The standard InChI is InChI=1S/C21H26N4O3S/c1-3-25(4-2)14-13-22-20(27)16-7-9-17(10-8-16)23-21(29)24-19(26)12-11-18-6-5-15-28-18/h5-12,15H,3-4,13-14H2,1-2H3,(H,22,27)(H2,23,24,26,29)/p+1/b12-11+. The van der Waals surface area contributed by atoms with Gasteiger partial charge in [-0.1, -0.05) is 0 Å². The number of furan rings is 1. The summed E-state index contributed by atoms with van der Waals surface area (Å²) < 4.78 is 5.11. The monoisotopic (exact) mass is 415 g/mol. The van der Waals surface area contributed by atoms with Gasteiger partial charge in [0.2, 0.25) is 5.91 Å². The zero-order chi connectivity index (χ0) is 21.1. The fourth-order valence-corrected chi connectivity index (χ4v) is 2.84. The minimum absolute atomic E-state index is 0.109. The Kier molecular flexibility index (Phi) is 9.07. The topological polar surface area (TPSA) is 87.8 Å². The number of amides is 2. The quantitative estimate of drug-likeness (QED) is 0.368. The van der Waals surface area contributed by atoms with E-state index in [2.05, 4.69) is 29.8 Å². The van der Waals surface area contributed by atoms with Gasteiger partial charge in [-0.15, -0.1) is 0 Å². The number of anilines is 1. The molecule has 0 fully saturated rings. The van der Waals surface area contributed by atoms with Gasteiger partial charge in [0, 0.05) is 17.3 Å². The number of rotatable bonds is 9. The lowest BCUT2D eigenvalue weighted by atomic mass is 10.2. The third-order valence-electron chi connectivity index (χ3n) is 4.35. The predicted molar refractivity (Wildman–Crippen MR) is 118 cm³/mol. The van der Waals surface area contributed by atoms with Crippen LogP contribution in [0.4, 0.5) is 5.69 Å². The van der Waals surface area contributed by atoms with Crippen molar-refractivity contribution in [3.8, 4) is 0 Å². The average Bonchev–Trinajstić information content (AvgIpc) is 3.23. The lowest BCUT2D eigenvalue weighted by Crippen LogP contribution is -3.12. The maximum atomic E-state index is 12.2. The van der Waals surface area contributed by atoms with E-state index in [-0.39, 0.29) is 16.9 Å². The van der Waals surface area contributed by atoms with Crippen molar-refractivity contribution in [1.29, 1.82) is 0 Å². The summed E-state index contributed by atoms with van der Waals surface area (Å²) in [5.41, 5.74) is 1.25. The van der Waals surface area contributed by atoms with E-state index in [1.54, 1.807) is 42.5 Å². The third kappa shape index (κ3) is 7.89. The van der Waals surface area contributed by atoms with E-state index in [4.69, 9.17) is 16.6 Å². The van der Waals surface area contributed by atoms with Gasteiger partial charge in [0.25, 0.3) is 5.91 Å². The molecule has 2 aromatic rings. The maximum Gasteiger partial charge on any atom is 0.251 e. The molecule has 2 amide bonds. The Morgan fingerprint density at radius 2 is 1.86 bits per heavy atom. The van der Waals surface area contributed by atoms with Crippen LogP contribution in [0.5, 0.6) is 0 Å². The van der Waals surface area contributed by atoms with Crippen molar-refractivity contribution in [2.75, 3.05) is 31.5 Å². The summed E-state index contributed by atoms with van der Waals surface area (Å²) in [6, 6.07) is 10.4. The molecule has 1 heterocycles. The highest BCUT2D eigenvalue weighted by Crippen LogP contribution is 2.09. The number of quaternary nitrogens is 1. The van der Waals surface area contributed by atoms with Crippen molar-refractivity contribution < 1.29 is 18.9 Å². The molecule has 4 N–H and O–H groups in total. The first kappa shape index (κ1) is 22.3. The number of carbonyl (C=O) groups is 2. The Hall–Kier alpha value is -2.97. The van der Waals surface area contributed by atoms with Gasteiger partial charge >= 0.3 is 0 Å². The minimum Gasteiger partial charge on any atom is -0.465 e. The Morgan fingerprint density at radius 1 is 1.14 bits per heavy atom. The predicted octanol–water partition coefficient (Wildman–Crippen LogP) is 1.46. The molecule has 0 spiro atoms. The van der Waals surface area contributed by atoms with Gasteiger partial charge in [-0.2, -0.15) is 0 Å². The Morgan fingerprint density at radius 3 is 2.48 bits per heavy atom. The molecule has 0 saturated heterocycles. The number of thiocarbonyl (C=S) groups is 1. The molecule has 1 aromatic carbocycles. The molecule has 29 heavy (non-hydrogen) atoms. The van der Waals surface area contributed by atoms with Crippen molar-refractivity contribution in [3.63, 3.8) is 0 Å². The molecule has 0 saturated carbocycles. The molecule has 0 radical (unpaired) electrons. The smallest absolute Gasteiger partial charge is 0.251 e. The Balaban J connectivity index is 1.78. The van der Waals surface area contributed by atoms with Crippen LogP contribution in [0.2, 0.25) is 0 Å². The lowest BCUT2D eigenvalue weighted by Gasteiger charge is -2.15. The molecule has 0 aliphatic heterocycles. The zero-order valence-electron chi connectivity index (χ0n) is 16.7. The molecule has 0 aliphatic carbocycles. The zero-order valence-corrected chi connectivity index (χ0v) is 17.5. The molecule has 1 aromatic heterocycles. The van der Waals surface area contributed by atoms with Crippen molar-refractivity contribution in [1.82, 2.24) is 10.6 Å². The molecule has 7 nitrogen and oxygen atoms in total. The lowest BCUT2D eigenvalue weighted by molar-refractivity contribution is -0.895. The second-order valence-electron chi connectivity index (χ2n) is 6.33. The molecule has 0 unspecified atom stereocenters. The van der Waals surface area contributed by atoms with Crippen LogP contribution >= 0.6 is 12.2 Å². The van der Waals surface area contributed by atoms with Crippen LogP contribution in [-0.4, -0.2) is 43.1 Å². The molecule has 0 bridgehead atoms. The number of carbonyl (C=O) groups excluding carboxylic acids is 2. The molecule has 8 heteroatoms. The number of likely N-dealkylation sites (N-methyl/N-ethyl adjacent to an activating group) is 1. The first-order valence-electron chi connectivity index (χ1n) is 9.57. The molecule has 2 rings (SSSR count). The first-order chi connectivity index (χ1) is 14.0. The van der Waals surface area contributed by atoms with E-state index in [9.17, 15) is 9.59 Å². The van der Waals surface area contributed by atoms with Gasteiger partial charge in [-0.05, 0) is 68.5 Å². The van der Waals surface area contributed by atoms with Crippen LogP contribution < -0.4 is 20.9 Å². The van der Waals surface area contributed by atoms with Crippen LogP contribution in [0.3, 0.4) is 0 Å². The molecule has 154 valence electrons. The highest BCUT2D eigenvalue weighted by Gasteiger charge is 2.08. The van der Waals surface area contributed by atoms with Crippen LogP contribution in [0.25, 0.3) is 6.08 Å². The highest BCUT2D eigenvalue weighted by molar-refractivity contribution is 7.80. The fraction of sp³-hybridized carbons (Fsp3) is 0.286. The van der Waals surface area contributed by atoms with Crippen molar-refractivity contribution in [2.45, 2.75) is 13.8 Å². The van der Waals surface area contributed by atoms with Gasteiger partial charge in [0.15, 0.2) is 5.11 Å². The summed E-state index contributed by atoms with van der Waals surface area (Å²) in [5, 5.41) is 8.56. The van der Waals surface area contributed by atoms with Crippen molar-refractivity contribution in [2.24, 2.45) is 0 Å². The minimum atomic E-state index is -0.370. The van der Waals surface area contributed by atoms with Gasteiger partial charge in [-0.3, -0.25) is 14.9 Å². The number of nitrogens with one attached hydrogen (secondary N) is 4. The number of benzene rings is 1. The van der Waals surface area contributed by atoms with Gasteiger partial charge in [0.1, 0.15) is 5.76 Å². The van der Waals surface area contributed by atoms with Crippen LogP contribution in [0.15, 0.2) is 53.2 Å². The van der Waals surface area contributed by atoms with E-state index < -0.39 is 0 Å².